The second-order valence-corrected chi connectivity index (χ2v) is 7.63. The minimum atomic E-state index is -0.231. The van der Waals surface area contributed by atoms with Gasteiger partial charge >= 0.3 is 0 Å². The molecule has 0 aliphatic heterocycles. The summed E-state index contributed by atoms with van der Waals surface area (Å²) in [5, 5.41) is 6.15. The van der Waals surface area contributed by atoms with E-state index in [0.717, 1.165) is 20.7 Å². The third kappa shape index (κ3) is 4.58. The maximum atomic E-state index is 12.7. The van der Waals surface area contributed by atoms with Crippen molar-refractivity contribution < 1.29 is 9.53 Å². The molecular formula is C19H23N5O2S. The van der Waals surface area contributed by atoms with Crippen molar-refractivity contribution in [2.75, 3.05) is 19.0 Å². The molecule has 0 radical (unpaired) electrons. The van der Waals surface area contributed by atoms with Gasteiger partial charge in [-0.25, -0.2) is 9.97 Å². The van der Waals surface area contributed by atoms with Gasteiger partial charge in [0.15, 0.2) is 5.69 Å². The predicted molar refractivity (Wildman–Crippen MR) is 107 cm³/mol. The highest BCUT2D eigenvalue weighted by Gasteiger charge is 2.18. The molecule has 142 valence electrons. The Morgan fingerprint density at radius 3 is 2.85 bits per heavy atom. The first-order chi connectivity index (χ1) is 13.0. The predicted octanol–water partition coefficient (Wildman–Crippen LogP) is 3.33. The van der Waals surface area contributed by atoms with E-state index in [9.17, 15) is 4.79 Å². The van der Waals surface area contributed by atoms with E-state index in [0.29, 0.717) is 18.2 Å². The number of hydrogen-bond acceptors (Lipinski definition) is 7. The third-order valence-electron chi connectivity index (χ3n) is 4.19. The molecular weight excluding hydrogens is 362 g/mol. The Kier molecular flexibility index (Phi) is 5.98. The maximum absolute atomic E-state index is 12.7. The summed E-state index contributed by atoms with van der Waals surface area (Å²) in [5.41, 5.74) is 2.16. The topological polar surface area (TPSA) is 89.0 Å². The zero-order chi connectivity index (χ0) is 19.4. The lowest BCUT2D eigenvalue weighted by atomic mass is 10.1. The lowest BCUT2D eigenvalue weighted by molar-refractivity contribution is 0.0868. The van der Waals surface area contributed by atoms with Gasteiger partial charge in [-0.3, -0.25) is 9.78 Å². The standard InChI is InChI=1S/C19H23N5O2S/c1-11(26-4)9-21-18(25)16-17-15(8-12(2)27-17)23-19(24-16)22-13(3)14-6-5-7-20-10-14/h5-8,10-11,13H,9H2,1-4H3,(H,21,25)(H,22,23,24). The van der Waals surface area contributed by atoms with Crippen LogP contribution in [-0.4, -0.2) is 40.6 Å². The minimum Gasteiger partial charge on any atom is -0.380 e. The molecule has 7 nitrogen and oxygen atoms in total. The number of nitrogens with zero attached hydrogens (tertiary/aromatic N) is 3. The number of anilines is 1. The molecule has 3 heterocycles. The molecule has 0 bridgehead atoms. The average Bonchev–Trinajstić information content (AvgIpc) is 3.05. The quantitative estimate of drug-likeness (QED) is 0.648. The summed E-state index contributed by atoms with van der Waals surface area (Å²) in [6, 6.07) is 5.80. The first kappa shape index (κ1) is 19.2. The van der Waals surface area contributed by atoms with Gasteiger partial charge in [-0.1, -0.05) is 6.07 Å². The van der Waals surface area contributed by atoms with Crippen molar-refractivity contribution in [1.82, 2.24) is 20.3 Å². The minimum absolute atomic E-state index is 0.0414. The highest BCUT2D eigenvalue weighted by molar-refractivity contribution is 7.19. The van der Waals surface area contributed by atoms with Crippen LogP contribution in [0.15, 0.2) is 30.6 Å². The van der Waals surface area contributed by atoms with Crippen LogP contribution in [0.4, 0.5) is 5.95 Å². The van der Waals surface area contributed by atoms with Crippen LogP contribution in [0.25, 0.3) is 10.2 Å². The van der Waals surface area contributed by atoms with E-state index in [2.05, 4.69) is 25.6 Å². The van der Waals surface area contributed by atoms with E-state index in [1.807, 2.05) is 39.0 Å². The van der Waals surface area contributed by atoms with Crippen molar-refractivity contribution in [1.29, 1.82) is 0 Å². The molecule has 27 heavy (non-hydrogen) atoms. The van der Waals surface area contributed by atoms with Gasteiger partial charge in [-0.05, 0) is 38.5 Å². The molecule has 3 rings (SSSR count). The third-order valence-corrected chi connectivity index (χ3v) is 5.24. The Hall–Kier alpha value is -2.58. The van der Waals surface area contributed by atoms with Crippen LogP contribution in [0.5, 0.6) is 0 Å². The van der Waals surface area contributed by atoms with Crippen molar-refractivity contribution in [3.8, 4) is 0 Å². The van der Waals surface area contributed by atoms with Gasteiger partial charge in [0.05, 0.1) is 22.4 Å². The average molecular weight is 385 g/mol. The highest BCUT2D eigenvalue weighted by atomic mass is 32.1. The van der Waals surface area contributed by atoms with Gasteiger partial charge in [0, 0.05) is 30.9 Å². The van der Waals surface area contributed by atoms with Crippen LogP contribution < -0.4 is 10.6 Å². The summed E-state index contributed by atoms with van der Waals surface area (Å²) in [5.74, 6) is 0.187. The second kappa shape index (κ2) is 8.41. The molecule has 0 fully saturated rings. The van der Waals surface area contributed by atoms with Crippen molar-refractivity contribution in [3.05, 3.63) is 46.7 Å². The summed E-state index contributed by atoms with van der Waals surface area (Å²) in [6.07, 6.45) is 3.46. The number of fused-ring (bicyclic) bond motifs is 1. The number of rotatable bonds is 7. The van der Waals surface area contributed by atoms with E-state index in [-0.39, 0.29) is 18.1 Å². The fraction of sp³-hybridized carbons (Fsp3) is 0.368. The van der Waals surface area contributed by atoms with Crippen molar-refractivity contribution >= 4 is 33.4 Å². The number of methoxy groups -OCH3 is 1. The SMILES string of the molecule is COC(C)CNC(=O)c1nc(NC(C)c2cccnc2)nc2cc(C)sc12. The molecule has 0 saturated heterocycles. The number of carbonyl (C=O) groups excluding carboxylic acids is 1. The lowest BCUT2D eigenvalue weighted by Gasteiger charge is -2.15. The molecule has 2 N–H and O–H groups in total. The fourth-order valence-corrected chi connectivity index (χ4v) is 3.52. The Morgan fingerprint density at radius 2 is 2.15 bits per heavy atom. The van der Waals surface area contributed by atoms with E-state index in [1.54, 1.807) is 19.5 Å². The van der Waals surface area contributed by atoms with Crippen LogP contribution in [0, 0.1) is 6.92 Å². The highest BCUT2D eigenvalue weighted by Crippen LogP contribution is 2.28. The number of pyridine rings is 1. The number of aromatic nitrogens is 3. The Bertz CT molecular complexity index is 928. The fourth-order valence-electron chi connectivity index (χ4n) is 2.58. The monoisotopic (exact) mass is 385 g/mol. The summed E-state index contributed by atoms with van der Waals surface area (Å²) in [6.45, 7) is 6.31. The second-order valence-electron chi connectivity index (χ2n) is 6.38. The molecule has 1 amide bonds. The van der Waals surface area contributed by atoms with Gasteiger partial charge in [0.2, 0.25) is 5.95 Å². The molecule has 0 aromatic carbocycles. The first-order valence-electron chi connectivity index (χ1n) is 8.73. The van der Waals surface area contributed by atoms with Crippen LogP contribution >= 0.6 is 11.3 Å². The van der Waals surface area contributed by atoms with Crippen LogP contribution in [0.1, 0.15) is 40.8 Å². The van der Waals surface area contributed by atoms with E-state index in [4.69, 9.17) is 4.74 Å². The molecule has 3 aromatic rings. The van der Waals surface area contributed by atoms with Crippen LogP contribution in [0.3, 0.4) is 0 Å². The smallest absolute Gasteiger partial charge is 0.271 e. The summed E-state index contributed by atoms with van der Waals surface area (Å²) >= 11 is 1.52. The number of ether oxygens (including phenoxy) is 1. The van der Waals surface area contributed by atoms with E-state index in [1.165, 1.54) is 11.3 Å². The molecule has 3 aromatic heterocycles. The Labute approximate surface area is 162 Å². The first-order valence-corrected chi connectivity index (χ1v) is 9.55. The van der Waals surface area contributed by atoms with E-state index < -0.39 is 0 Å². The van der Waals surface area contributed by atoms with Gasteiger partial charge in [0.1, 0.15) is 0 Å². The van der Waals surface area contributed by atoms with Crippen molar-refractivity contribution in [2.24, 2.45) is 0 Å². The van der Waals surface area contributed by atoms with Gasteiger partial charge in [0.25, 0.3) is 5.91 Å². The Morgan fingerprint density at radius 1 is 1.33 bits per heavy atom. The number of nitrogens with one attached hydrogen (secondary N) is 2. The largest absolute Gasteiger partial charge is 0.380 e. The van der Waals surface area contributed by atoms with Crippen LogP contribution in [0.2, 0.25) is 0 Å². The number of amides is 1. The molecule has 8 heteroatoms. The molecule has 0 saturated carbocycles. The maximum Gasteiger partial charge on any atom is 0.271 e. The van der Waals surface area contributed by atoms with Crippen LogP contribution in [-0.2, 0) is 4.74 Å². The summed E-state index contributed by atoms with van der Waals surface area (Å²) in [7, 11) is 1.62. The van der Waals surface area contributed by atoms with Gasteiger partial charge in [-0.2, -0.15) is 0 Å². The number of carbonyl (C=O) groups is 1. The summed E-state index contributed by atoms with van der Waals surface area (Å²) in [4.78, 5) is 27.0. The number of aryl methyl sites for hydroxylation is 1. The van der Waals surface area contributed by atoms with Crippen molar-refractivity contribution in [3.63, 3.8) is 0 Å². The van der Waals surface area contributed by atoms with Gasteiger partial charge < -0.3 is 15.4 Å². The van der Waals surface area contributed by atoms with Crippen molar-refractivity contribution in [2.45, 2.75) is 32.9 Å². The molecule has 0 spiro atoms. The van der Waals surface area contributed by atoms with E-state index >= 15 is 0 Å². The molecule has 0 aliphatic rings. The summed E-state index contributed by atoms with van der Waals surface area (Å²) < 4.78 is 5.98. The number of hydrogen-bond donors (Lipinski definition) is 2. The normalized spacial score (nSPS) is 13.3. The molecule has 2 atom stereocenters. The van der Waals surface area contributed by atoms with Gasteiger partial charge in [-0.15, -0.1) is 11.3 Å². The zero-order valence-electron chi connectivity index (χ0n) is 15.8. The zero-order valence-corrected chi connectivity index (χ0v) is 16.6. The molecule has 0 aliphatic carbocycles. The Balaban J connectivity index is 1.89. The molecule has 2 unspecified atom stereocenters. The number of thiophene rings is 1. The lowest BCUT2D eigenvalue weighted by Crippen LogP contribution is -2.32.